The van der Waals surface area contributed by atoms with E-state index in [1.807, 2.05) is 0 Å². The van der Waals surface area contributed by atoms with Crippen LogP contribution in [0.15, 0.2) is 35.5 Å². The Hall–Kier alpha value is -3.07. The van der Waals surface area contributed by atoms with Gasteiger partial charge in [-0.25, -0.2) is 8.42 Å². The van der Waals surface area contributed by atoms with E-state index in [0.717, 1.165) is 6.26 Å². The van der Waals surface area contributed by atoms with Crippen LogP contribution in [0.5, 0.6) is 0 Å². The lowest BCUT2D eigenvalue weighted by Crippen LogP contribution is -2.11. The van der Waals surface area contributed by atoms with Gasteiger partial charge in [0.05, 0.1) is 10.4 Å². The summed E-state index contributed by atoms with van der Waals surface area (Å²) in [5.74, 6) is -1.35. The monoisotopic (exact) mass is 387 g/mol. The van der Waals surface area contributed by atoms with Crippen molar-refractivity contribution in [1.82, 2.24) is 14.8 Å². The Morgan fingerprint density at radius 2 is 1.85 bits per heavy atom. The van der Waals surface area contributed by atoms with Crippen LogP contribution in [0.4, 0.5) is 0 Å². The number of sulfone groups is 1. The molecule has 0 spiro atoms. The molecule has 0 aliphatic heterocycles. The van der Waals surface area contributed by atoms with Gasteiger partial charge in [0.15, 0.2) is 15.6 Å². The number of nitrogens with zero attached hydrogens (tertiary/aromatic N) is 3. The van der Waals surface area contributed by atoms with E-state index in [1.165, 1.54) is 30.1 Å². The molecule has 0 aliphatic carbocycles. The van der Waals surface area contributed by atoms with E-state index in [-0.39, 0.29) is 22.9 Å². The van der Waals surface area contributed by atoms with E-state index >= 15 is 0 Å². The molecule has 140 valence electrons. The first-order chi connectivity index (χ1) is 12.6. The second-order valence-corrected chi connectivity index (χ2v) is 8.34. The molecule has 0 saturated carbocycles. The smallest absolute Gasteiger partial charge is 0.325 e. The molecule has 1 aromatic carbocycles. The number of carboxylic acids is 1. The van der Waals surface area contributed by atoms with Crippen LogP contribution in [0.3, 0.4) is 0 Å². The van der Waals surface area contributed by atoms with Crippen molar-refractivity contribution in [3.63, 3.8) is 0 Å². The van der Waals surface area contributed by atoms with Gasteiger partial charge in [-0.1, -0.05) is 0 Å². The number of aromatic nitrogens is 3. The topological polar surface area (TPSA) is 119 Å². The van der Waals surface area contributed by atoms with Crippen molar-refractivity contribution < 1.29 is 23.1 Å². The molecular weight excluding hydrogens is 370 g/mol. The largest absolute Gasteiger partial charge is 0.480 e. The maximum atomic E-state index is 12.0. The normalized spacial score (nSPS) is 11.7. The molecule has 2 aromatic heterocycles. The van der Waals surface area contributed by atoms with Crippen molar-refractivity contribution in [3.05, 3.63) is 41.9 Å². The Kier molecular flexibility index (Phi) is 4.56. The maximum absolute atomic E-state index is 12.0. The molecule has 2 heterocycles. The number of hydrogen-bond acceptors (Lipinski definition) is 6. The quantitative estimate of drug-likeness (QED) is 0.666. The molecule has 0 atom stereocenters. The van der Waals surface area contributed by atoms with Crippen LogP contribution in [0.1, 0.15) is 23.0 Å². The van der Waals surface area contributed by atoms with Crippen molar-refractivity contribution in [2.45, 2.75) is 25.3 Å². The van der Waals surface area contributed by atoms with Crippen molar-refractivity contribution >= 4 is 32.5 Å². The van der Waals surface area contributed by atoms with Gasteiger partial charge in [0.1, 0.15) is 12.2 Å². The number of carboxylic acid groups (broad SMARTS) is 1. The summed E-state index contributed by atoms with van der Waals surface area (Å²) in [4.78, 5) is 27.2. The van der Waals surface area contributed by atoms with Gasteiger partial charge < -0.3 is 5.11 Å². The third kappa shape index (κ3) is 3.59. The van der Waals surface area contributed by atoms with Crippen LogP contribution in [0.2, 0.25) is 0 Å². The first-order valence-corrected chi connectivity index (χ1v) is 9.86. The first-order valence-electron chi connectivity index (χ1n) is 7.97. The van der Waals surface area contributed by atoms with Gasteiger partial charge in [-0.15, -0.1) is 0 Å². The number of benzene rings is 1. The number of carbonyl (C=O) groups is 2. The van der Waals surface area contributed by atoms with Crippen LogP contribution < -0.4 is 0 Å². The van der Waals surface area contributed by atoms with Crippen LogP contribution >= 0.6 is 0 Å². The predicted octanol–water partition coefficient (Wildman–Crippen LogP) is 2.10. The predicted molar refractivity (Wildman–Crippen MR) is 98.5 cm³/mol. The fraction of sp³-hybridized carbons (Fsp3) is 0.222. The number of pyridine rings is 1. The van der Waals surface area contributed by atoms with Gasteiger partial charge in [0, 0.05) is 36.5 Å². The summed E-state index contributed by atoms with van der Waals surface area (Å²) in [7, 11) is -3.42. The third-order valence-corrected chi connectivity index (χ3v) is 5.21. The van der Waals surface area contributed by atoms with E-state index in [0.29, 0.717) is 27.6 Å². The molecule has 0 amide bonds. The zero-order valence-corrected chi connectivity index (χ0v) is 15.7. The van der Waals surface area contributed by atoms with Crippen molar-refractivity contribution in [1.29, 1.82) is 0 Å². The van der Waals surface area contributed by atoms with Crippen molar-refractivity contribution in [3.8, 4) is 11.1 Å². The van der Waals surface area contributed by atoms with E-state index < -0.39 is 15.8 Å². The number of aliphatic carboxylic acids is 1. The zero-order chi connectivity index (χ0) is 19.9. The summed E-state index contributed by atoms with van der Waals surface area (Å²) in [5.41, 5.74) is 2.68. The number of Topliss-reactive ketones (excluding diaryl/α,β-unsaturated/α-hetero) is 1. The third-order valence-electron chi connectivity index (χ3n) is 4.13. The summed E-state index contributed by atoms with van der Waals surface area (Å²) < 4.78 is 24.9. The fourth-order valence-electron chi connectivity index (χ4n) is 2.98. The van der Waals surface area contributed by atoms with Gasteiger partial charge in [-0.3, -0.25) is 19.3 Å². The average Bonchev–Trinajstić information content (AvgIpc) is 2.92. The fourth-order valence-corrected chi connectivity index (χ4v) is 3.57. The molecule has 0 bridgehead atoms. The van der Waals surface area contributed by atoms with Gasteiger partial charge in [0.25, 0.3) is 0 Å². The van der Waals surface area contributed by atoms with Crippen LogP contribution in [-0.2, 0) is 21.2 Å². The summed E-state index contributed by atoms with van der Waals surface area (Å²) in [6.07, 6.45) is 3.91. The van der Waals surface area contributed by atoms with Crippen molar-refractivity contribution in [2.75, 3.05) is 6.26 Å². The average molecular weight is 387 g/mol. The number of carbonyl (C=O) groups excluding carboxylic acids is 1. The Bertz CT molecular complexity index is 1200. The molecule has 1 N–H and O–H groups in total. The Labute approximate surface area is 155 Å². The van der Waals surface area contributed by atoms with Crippen LogP contribution in [-0.4, -0.2) is 46.3 Å². The highest BCUT2D eigenvalue weighted by atomic mass is 32.2. The maximum Gasteiger partial charge on any atom is 0.325 e. The van der Waals surface area contributed by atoms with E-state index in [4.69, 9.17) is 5.11 Å². The molecule has 0 radical (unpaired) electrons. The van der Waals surface area contributed by atoms with Gasteiger partial charge in [0.2, 0.25) is 0 Å². The molecule has 9 heteroatoms. The molecule has 0 aliphatic rings. The van der Waals surface area contributed by atoms with Gasteiger partial charge >= 0.3 is 5.97 Å². The molecule has 3 rings (SSSR count). The second-order valence-electron chi connectivity index (χ2n) is 6.33. The highest BCUT2D eigenvalue weighted by Crippen LogP contribution is 2.30. The van der Waals surface area contributed by atoms with Gasteiger partial charge in [-0.05, 0) is 36.2 Å². The Morgan fingerprint density at radius 3 is 2.44 bits per heavy atom. The SMILES string of the molecule is CC(=O)c1nn(CC(=O)O)c2c(C)cc(-c3cncc(S(C)(=O)=O)c3)cc12. The summed E-state index contributed by atoms with van der Waals surface area (Å²) in [6.45, 7) is 2.78. The summed E-state index contributed by atoms with van der Waals surface area (Å²) in [5, 5.41) is 13.8. The zero-order valence-electron chi connectivity index (χ0n) is 14.9. The summed E-state index contributed by atoms with van der Waals surface area (Å²) in [6, 6.07) is 5.00. The Balaban J connectivity index is 2.27. The van der Waals surface area contributed by atoms with Crippen LogP contribution in [0, 0.1) is 6.92 Å². The minimum atomic E-state index is -3.42. The minimum Gasteiger partial charge on any atom is -0.480 e. The number of rotatable bonds is 5. The molecule has 0 fully saturated rings. The minimum absolute atomic E-state index is 0.0890. The van der Waals surface area contributed by atoms with E-state index in [1.54, 1.807) is 19.1 Å². The molecule has 8 nitrogen and oxygen atoms in total. The number of ketones is 1. The number of hydrogen-bond donors (Lipinski definition) is 1. The highest BCUT2D eigenvalue weighted by Gasteiger charge is 2.19. The lowest BCUT2D eigenvalue weighted by atomic mass is 10.0. The van der Waals surface area contributed by atoms with E-state index in [9.17, 15) is 18.0 Å². The molecule has 0 unspecified atom stereocenters. The summed E-state index contributed by atoms with van der Waals surface area (Å²) >= 11 is 0. The molecule has 3 aromatic rings. The van der Waals surface area contributed by atoms with Crippen molar-refractivity contribution in [2.24, 2.45) is 0 Å². The van der Waals surface area contributed by atoms with Gasteiger partial charge in [-0.2, -0.15) is 5.10 Å². The molecule has 27 heavy (non-hydrogen) atoms. The lowest BCUT2D eigenvalue weighted by Gasteiger charge is -2.08. The number of fused-ring (bicyclic) bond motifs is 1. The van der Waals surface area contributed by atoms with E-state index in [2.05, 4.69) is 10.1 Å². The van der Waals surface area contributed by atoms with Crippen LogP contribution in [0.25, 0.3) is 22.0 Å². The lowest BCUT2D eigenvalue weighted by molar-refractivity contribution is -0.137. The Morgan fingerprint density at radius 1 is 1.15 bits per heavy atom. The number of aryl methyl sites for hydroxylation is 1. The molecular formula is C18H17N3O5S. The standard InChI is InChI=1S/C18H17N3O5S/c1-10-4-12(13-5-14(8-19-7-13)27(3,25)26)6-15-17(11(2)22)20-21(18(10)15)9-16(23)24/h4-8H,9H2,1-3H3,(H,23,24). The second kappa shape index (κ2) is 6.58. The first kappa shape index (κ1) is 18.7. The molecule has 0 saturated heterocycles. The highest BCUT2D eigenvalue weighted by molar-refractivity contribution is 7.90.